The lowest BCUT2D eigenvalue weighted by Crippen LogP contribution is -2.15. The molecule has 1 N–H and O–H groups in total. The van der Waals surface area contributed by atoms with Gasteiger partial charge in [-0.25, -0.2) is 0 Å². The van der Waals surface area contributed by atoms with Gasteiger partial charge in [-0.1, -0.05) is 35.5 Å². The molecule has 114 valence electrons. The van der Waals surface area contributed by atoms with Crippen LogP contribution in [0.1, 0.15) is 5.56 Å². The first-order valence-corrected chi connectivity index (χ1v) is 6.62. The SMILES string of the molecule is COC(=O)CS/C(=C(\C=N\O)c1ccccc1)C(F)(F)F. The van der Waals surface area contributed by atoms with Crippen LogP contribution in [0, 0.1) is 0 Å². The third-order valence-corrected chi connectivity index (χ3v) is 3.46. The van der Waals surface area contributed by atoms with E-state index in [1.807, 2.05) is 0 Å². The number of carbonyl (C=O) groups excluding carboxylic acids is 1. The van der Waals surface area contributed by atoms with Gasteiger partial charge < -0.3 is 9.94 Å². The number of carbonyl (C=O) groups is 1. The zero-order chi connectivity index (χ0) is 15.9. The van der Waals surface area contributed by atoms with Crippen molar-refractivity contribution < 1.29 is 27.9 Å². The fourth-order valence-corrected chi connectivity index (χ4v) is 2.31. The monoisotopic (exact) mass is 319 g/mol. The molecule has 0 aromatic heterocycles. The maximum Gasteiger partial charge on any atom is 0.422 e. The van der Waals surface area contributed by atoms with Crippen LogP contribution in [-0.4, -0.2) is 36.4 Å². The van der Waals surface area contributed by atoms with Crippen molar-refractivity contribution in [3.05, 3.63) is 40.8 Å². The molecule has 0 spiro atoms. The van der Waals surface area contributed by atoms with Crippen molar-refractivity contribution in [1.82, 2.24) is 0 Å². The largest absolute Gasteiger partial charge is 0.468 e. The number of methoxy groups -OCH3 is 1. The summed E-state index contributed by atoms with van der Waals surface area (Å²) in [4.78, 5) is 10.0. The van der Waals surface area contributed by atoms with Crippen molar-refractivity contribution in [2.75, 3.05) is 12.9 Å². The Balaban J connectivity index is 3.29. The van der Waals surface area contributed by atoms with Gasteiger partial charge in [0.05, 0.1) is 24.0 Å². The number of rotatable bonds is 5. The Hall–Kier alpha value is -1.96. The van der Waals surface area contributed by atoms with Crippen LogP contribution in [0.2, 0.25) is 0 Å². The summed E-state index contributed by atoms with van der Waals surface area (Å²) in [6.45, 7) is 0. The van der Waals surface area contributed by atoms with Gasteiger partial charge in [-0.05, 0) is 5.56 Å². The van der Waals surface area contributed by atoms with Crippen LogP contribution in [0.5, 0.6) is 0 Å². The summed E-state index contributed by atoms with van der Waals surface area (Å²) in [5.41, 5.74) is -0.0977. The van der Waals surface area contributed by atoms with Crippen molar-refractivity contribution >= 4 is 29.5 Å². The molecule has 8 heteroatoms. The zero-order valence-corrected chi connectivity index (χ0v) is 11.7. The maximum absolute atomic E-state index is 13.2. The molecule has 21 heavy (non-hydrogen) atoms. The quantitative estimate of drug-likeness (QED) is 0.391. The molecule has 1 rings (SSSR count). The van der Waals surface area contributed by atoms with Gasteiger partial charge in [0.2, 0.25) is 0 Å². The van der Waals surface area contributed by atoms with E-state index in [9.17, 15) is 18.0 Å². The number of halogens is 3. The highest BCUT2D eigenvalue weighted by Crippen LogP contribution is 2.39. The van der Waals surface area contributed by atoms with E-state index in [0.717, 1.165) is 7.11 Å². The van der Waals surface area contributed by atoms with Crippen molar-refractivity contribution in [2.45, 2.75) is 6.18 Å². The second kappa shape index (κ2) is 7.72. The molecule has 0 saturated heterocycles. The lowest BCUT2D eigenvalue weighted by molar-refractivity contribution is -0.137. The van der Waals surface area contributed by atoms with Gasteiger partial charge in [0.1, 0.15) is 0 Å². The molecule has 0 amide bonds. The number of thioether (sulfide) groups is 1. The van der Waals surface area contributed by atoms with E-state index in [0.29, 0.717) is 6.21 Å². The average Bonchev–Trinajstić information content (AvgIpc) is 2.45. The van der Waals surface area contributed by atoms with E-state index in [1.54, 1.807) is 18.2 Å². The molecule has 0 saturated carbocycles. The van der Waals surface area contributed by atoms with Crippen molar-refractivity contribution in [2.24, 2.45) is 5.16 Å². The molecule has 0 aliphatic carbocycles. The molecular formula is C13H12F3NO3S. The Bertz CT molecular complexity index is 541. The standard InChI is InChI=1S/C13H12F3NO3S/c1-20-11(18)8-21-12(13(14,15)16)10(7-17-19)9-5-3-2-4-6-9/h2-7,19H,8H2,1H3/b12-10+,17-7+. The van der Waals surface area contributed by atoms with Gasteiger partial charge in [-0.15, -0.1) is 11.8 Å². The van der Waals surface area contributed by atoms with Gasteiger partial charge in [0.25, 0.3) is 0 Å². The van der Waals surface area contributed by atoms with Crippen LogP contribution >= 0.6 is 11.8 Å². The molecular weight excluding hydrogens is 307 g/mol. The third kappa shape index (κ3) is 5.14. The fourth-order valence-electron chi connectivity index (χ4n) is 1.44. The van der Waals surface area contributed by atoms with Gasteiger partial charge in [0, 0.05) is 5.57 Å². The smallest absolute Gasteiger partial charge is 0.422 e. The van der Waals surface area contributed by atoms with Crippen LogP contribution < -0.4 is 0 Å². The van der Waals surface area contributed by atoms with Crippen LogP contribution in [0.3, 0.4) is 0 Å². The maximum atomic E-state index is 13.2. The Morgan fingerprint density at radius 1 is 1.38 bits per heavy atom. The summed E-state index contributed by atoms with van der Waals surface area (Å²) >= 11 is 0.282. The molecule has 0 radical (unpaired) electrons. The number of ether oxygens (including phenoxy) is 1. The first kappa shape index (κ1) is 17.1. The molecule has 0 fully saturated rings. The van der Waals surface area contributed by atoms with Gasteiger partial charge in [0.15, 0.2) is 0 Å². The van der Waals surface area contributed by atoms with Gasteiger partial charge >= 0.3 is 12.1 Å². The third-order valence-electron chi connectivity index (χ3n) is 2.34. The van der Waals surface area contributed by atoms with Crippen LogP contribution in [0.15, 0.2) is 40.4 Å². The molecule has 1 aromatic carbocycles. The first-order chi connectivity index (χ1) is 9.90. The van der Waals surface area contributed by atoms with Gasteiger partial charge in [-0.2, -0.15) is 13.2 Å². The highest BCUT2D eigenvalue weighted by atomic mass is 32.2. The van der Waals surface area contributed by atoms with Crippen molar-refractivity contribution in [1.29, 1.82) is 0 Å². The van der Waals surface area contributed by atoms with E-state index in [4.69, 9.17) is 5.21 Å². The van der Waals surface area contributed by atoms with E-state index < -0.39 is 22.8 Å². The number of benzene rings is 1. The van der Waals surface area contributed by atoms with Gasteiger partial charge in [-0.3, -0.25) is 4.79 Å². The average molecular weight is 319 g/mol. The van der Waals surface area contributed by atoms with E-state index in [1.165, 1.54) is 12.1 Å². The number of esters is 1. The zero-order valence-electron chi connectivity index (χ0n) is 10.9. The number of nitrogens with zero attached hydrogens (tertiary/aromatic N) is 1. The summed E-state index contributed by atoms with van der Waals surface area (Å²) in [5, 5.41) is 11.3. The molecule has 0 aliphatic rings. The Kier molecular flexibility index (Phi) is 6.29. The Morgan fingerprint density at radius 3 is 2.48 bits per heavy atom. The number of alkyl halides is 3. The normalized spacial score (nSPS) is 13.1. The lowest BCUT2D eigenvalue weighted by atomic mass is 10.1. The molecule has 0 aliphatic heterocycles. The van der Waals surface area contributed by atoms with Crippen LogP contribution in [0.25, 0.3) is 5.57 Å². The number of allylic oxidation sites excluding steroid dienone is 2. The summed E-state index contributed by atoms with van der Waals surface area (Å²) in [6.07, 6.45) is -3.99. The van der Waals surface area contributed by atoms with Crippen molar-refractivity contribution in [3.8, 4) is 0 Å². The van der Waals surface area contributed by atoms with Crippen molar-refractivity contribution in [3.63, 3.8) is 0 Å². The highest BCUT2D eigenvalue weighted by Gasteiger charge is 2.37. The fraction of sp³-hybridized carbons (Fsp3) is 0.231. The minimum Gasteiger partial charge on any atom is -0.468 e. The first-order valence-electron chi connectivity index (χ1n) is 5.64. The van der Waals surface area contributed by atoms with E-state index in [2.05, 4.69) is 9.89 Å². The second-order valence-electron chi connectivity index (χ2n) is 3.72. The molecule has 0 atom stereocenters. The molecule has 0 heterocycles. The minimum absolute atomic E-state index is 0.222. The van der Waals surface area contributed by atoms with Crippen LogP contribution in [-0.2, 0) is 9.53 Å². The number of oxime groups is 1. The topological polar surface area (TPSA) is 58.9 Å². The predicted octanol–water partition coefficient (Wildman–Crippen LogP) is 3.33. The summed E-state index contributed by atoms with van der Waals surface area (Å²) in [5.74, 6) is -1.28. The summed E-state index contributed by atoms with van der Waals surface area (Å²) < 4.78 is 43.8. The van der Waals surface area contributed by atoms with E-state index >= 15 is 0 Å². The summed E-state index contributed by atoms with van der Waals surface area (Å²) in [7, 11) is 1.09. The number of hydrogen-bond acceptors (Lipinski definition) is 5. The molecule has 0 bridgehead atoms. The Labute approximate surface area is 123 Å². The molecule has 4 nitrogen and oxygen atoms in total. The highest BCUT2D eigenvalue weighted by molar-refractivity contribution is 8.04. The summed E-state index contributed by atoms with van der Waals surface area (Å²) in [6, 6.07) is 7.65. The predicted molar refractivity (Wildman–Crippen MR) is 74.2 cm³/mol. The van der Waals surface area contributed by atoms with E-state index in [-0.39, 0.29) is 22.9 Å². The molecule has 1 aromatic rings. The Morgan fingerprint density at radius 2 is 2.00 bits per heavy atom. The number of hydrogen-bond donors (Lipinski definition) is 1. The van der Waals surface area contributed by atoms with Crippen LogP contribution in [0.4, 0.5) is 13.2 Å². The molecule has 0 unspecified atom stereocenters. The minimum atomic E-state index is -4.69. The lowest BCUT2D eigenvalue weighted by Gasteiger charge is -2.14. The second-order valence-corrected chi connectivity index (χ2v) is 4.70.